The average Bonchev–Trinajstić information content (AvgIpc) is 3.26. The Morgan fingerprint density at radius 2 is 1.71 bits per heavy atom. The number of hydrogen-bond donors (Lipinski definition) is 0. The number of nitrogens with zero attached hydrogens (tertiary/aromatic N) is 5. The Kier molecular flexibility index (Phi) is 7.18. The van der Waals surface area contributed by atoms with Crippen molar-refractivity contribution in [3.8, 4) is 0 Å². The lowest BCUT2D eigenvalue weighted by Crippen LogP contribution is -2.51. The van der Waals surface area contributed by atoms with Gasteiger partial charge in [0.15, 0.2) is 0 Å². The van der Waals surface area contributed by atoms with E-state index in [2.05, 4.69) is 9.88 Å². The number of aromatic nitrogens is 1. The van der Waals surface area contributed by atoms with Gasteiger partial charge in [0.2, 0.25) is 21.8 Å². The molecule has 1 atom stereocenters. The summed E-state index contributed by atoms with van der Waals surface area (Å²) in [5, 5.41) is 0. The summed E-state index contributed by atoms with van der Waals surface area (Å²) in [6, 6.07) is 12.1. The van der Waals surface area contributed by atoms with Crippen LogP contribution in [0.1, 0.15) is 20.3 Å². The summed E-state index contributed by atoms with van der Waals surface area (Å²) in [4.78, 5) is 36.0. The molecule has 2 aromatic rings. The van der Waals surface area contributed by atoms with Gasteiger partial charge < -0.3 is 14.7 Å². The summed E-state index contributed by atoms with van der Waals surface area (Å²) in [5.41, 5.74) is 0.610. The van der Waals surface area contributed by atoms with Crippen molar-refractivity contribution in [3.05, 3.63) is 48.7 Å². The molecule has 2 aliphatic heterocycles. The third-order valence-corrected chi connectivity index (χ3v) is 8.59. The number of carbonyl (C=O) groups excluding carboxylic acids is 2. The lowest BCUT2D eigenvalue weighted by atomic mass is 10.1. The fourth-order valence-electron chi connectivity index (χ4n) is 4.59. The maximum Gasteiger partial charge on any atom is 0.243 e. The molecule has 2 fully saturated rings. The van der Waals surface area contributed by atoms with Crippen LogP contribution in [-0.2, 0) is 19.6 Å². The molecule has 2 saturated heterocycles. The van der Waals surface area contributed by atoms with E-state index in [4.69, 9.17) is 0 Å². The largest absolute Gasteiger partial charge is 0.353 e. The Hall–Kier alpha value is -2.98. The van der Waals surface area contributed by atoms with Crippen molar-refractivity contribution >= 4 is 33.3 Å². The van der Waals surface area contributed by atoms with Crippen LogP contribution in [0.15, 0.2) is 53.6 Å². The first kappa shape index (κ1) is 24.2. The highest BCUT2D eigenvalue weighted by Crippen LogP contribution is 2.28. The molecule has 0 radical (unpaired) electrons. The van der Waals surface area contributed by atoms with Gasteiger partial charge in [0.1, 0.15) is 5.82 Å². The van der Waals surface area contributed by atoms with Gasteiger partial charge in [-0.3, -0.25) is 9.59 Å². The Bertz CT molecular complexity index is 1110. The number of amides is 2. The minimum Gasteiger partial charge on any atom is -0.353 e. The first-order valence-electron chi connectivity index (χ1n) is 11.7. The fraction of sp³-hybridized carbons (Fsp3) is 0.458. The molecule has 10 heteroatoms. The van der Waals surface area contributed by atoms with Crippen molar-refractivity contribution in [3.63, 3.8) is 0 Å². The Morgan fingerprint density at radius 1 is 1.03 bits per heavy atom. The smallest absolute Gasteiger partial charge is 0.243 e. The quantitative estimate of drug-likeness (QED) is 0.594. The maximum absolute atomic E-state index is 13.1. The van der Waals surface area contributed by atoms with Crippen molar-refractivity contribution < 1.29 is 18.0 Å². The van der Waals surface area contributed by atoms with Crippen LogP contribution < -0.4 is 9.80 Å². The van der Waals surface area contributed by atoms with Crippen LogP contribution in [0.2, 0.25) is 0 Å². The van der Waals surface area contributed by atoms with Crippen molar-refractivity contribution in [1.82, 2.24) is 14.2 Å². The normalized spacial score (nSPS) is 19.2. The number of pyridine rings is 1. The van der Waals surface area contributed by atoms with E-state index in [0.29, 0.717) is 51.5 Å². The number of hydrogen-bond acceptors (Lipinski definition) is 6. The second kappa shape index (κ2) is 10.1. The van der Waals surface area contributed by atoms with Crippen LogP contribution in [0.25, 0.3) is 0 Å². The highest BCUT2D eigenvalue weighted by Gasteiger charge is 2.38. The highest BCUT2D eigenvalue weighted by atomic mass is 32.2. The zero-order chi connectivity index (χ0) is 24.3. The molecule has 0 spiro atoms. The van der Waals surface area contributed by atoms with Gasteiger partial charge in [0, 0.05) is 64.1 Å². The average molecular weight is 486 g/mol. The van der Waals surface area contributed by atoms with E-state index >= 15 is 0 Å². The molecule has 4 rings (SSSR count). The van der Waals surface area contributed by atoms with Crippen LogP contribution in [0.3, 0.4) is 0 Å². The number of rotatable bonds is 7. The summed E-state index contributed by atoms with van der Waals surface area (Å²) in [6.07, 6.45) is 1.93. The summed E-state index contributed by atoms with van der Waals surface area (Å²) in [7, 11) is -3.56. The predicted octanol–water partition coefficient (Wildman–Crippen LogP) is 1.81. The molecule has 0 aliphatic carbocycles. The molecule has 0 N–H and O–H groups in total. The Balaban J connectivity index is 1.38. The zero-order valence-electron chi connectivity index (χ0n) is 19.6. The van der Waals surface area contributed by atoms with Crippen LogP contribution >= 0.6 is 0 Å². The number of carbonyl (C=O) groups is 2. The number of piperazine rings is 1. The van der Waals surface area contributed by atoms with E-state index in [0.717, 1.165) is 5.82 Å². The molecule has 2 aliphatic rings. The predicted molar refractivity (Wildman–Crippen MR) is 130 cm³/mol. The summed E-state index contributed by atoms with van der Waals surface area (Å²) < 4.78 is 26.8. The Labute approximate surface area is 201 Å². The molecule has 0 bridgehead atoms. The number of sulfonamides is 1. The van der Waals surface area contributed by atoms with E-state index in [-0.39, 0.29) is 23.1 Å². The van der Waals surface area contributed by atoms with Crippen molar-refractivity contribution in [2.75, 3.05) is 55.6 Å². The van der Waals surface area contributed by atoms with Gasteiger partial charge >= 0.3 is 0 Å². The third kappa shape index (κ3) is 4.78. The third-order valence-electron chi connectivity index (χ3n) is 6.53. The second-order valence-electron chi connectivity index (χ2n) is 8.49. The molecule has 1 aromatic carbocycles. The first-order valence-corrected chi connectivity index (χ1v) is 13.1. The minimum atomic E-state index is -3.56. The van der Waals surface area contributed by atoms with Gasteiger partial charge in [-0.05, 0) is 36.4 Å². The lowest BCUT2D eigenvalue weighted by molar-refractivity contribution is -0.136. The van der Waals surface area contributed by atoms with E-state index in [1.54, 1.807) is 37.1 Å². The second-order valence-corrected chi connectivity index (χ2v) is 10.4. The molecule has 1 aromatic heterocycles. The Morgan fingerprint density at radius 3 is 2.29 bits per heavy atom. The molecule has 9 nitrogen and oxygen atoms in total. The lowest BCUT2D eigenvalue weighted by Gasteiger charge is -2.36. The number of benzene rings is 1. The van der Waals surface area contributed by atoms with Crippen LogP contribution in [0.5, 0.6) is 0 Å². The molecule has 3 heterocycles. The zero-order valence-corrected chi connectivity index (χ0v) is 20.4. The molecule has 1 unspecified atom stereocenters. The highest BCUT2D eigenvalue weighted by molar-refractivity contribution is 7.89. The van der Waals surface area contributed by atoms with Gasteiger partial charge in [-0.15, -0.1) is 0 Å². The van der Waals surface area contributed by atoms with Gasteiger partial charge in [-0.1, -0.05) is 19.9 Å². The van der Waals surface area contributed by atoms with E-state index in [9.17, 15) is 18.0 Å². The number of anilines is 2. The minimum absolute atomic E-state index is 0.00254. The molecule has 0 saturated carbocycles. The van der Waals surface area contributed by atoms with Gasteiger partial charge in [0.25, 0.3) is 0 Å². The van der Waals surface area contributed by atoms with Crippen LogP contribution in [0, 0.1) is 5.92 Å². The van der Waals surface area contributed by atoms with E-state index < -0.39 is 15.9 Å². The molecular formula is C24H31N5O4S. The summed E-state index contributed by atoms with van der Waals surface area (Å²) >= 11 is 0. The van der Waals surface area contributed by atoms with Gasteiger partial charge in [0.05, 0.1) is 10.8 Å². The van der Waals surface area contributed by atoms with Crippen LogP contribution in [0.4, 0.5) is 11.5 Å². The van der Waals surface area contributed by atoms with Crippen molar-refractivity contribution in [1.29, 1.82) is 0 Å². The SMILES string of the molecule is CCN(CC)S(=O)(=O)c1ccc(N2CC(C(=O)N3CCN(c4ccccn4)CC3)CC2=O)cc1. The monoisotopic (exact) mass is 485 g/mol. The van der Waals surface area contributed by atoms with E-state index in [1.807, 2.05) is 23.1 Å². The summed E-state index contributed by atoms with van der Waals surface area (Å²) in [5.74, 6) is 0.387. The first-order chi connectivity index (χ1) is 16.3. The molecular weight excluding hydrogens is 454 g/mol. The fourth-order valence-corrected chi connectivity index (χ4v) is 6.05. The van der Waals surface area contributed by atoms with Crippen molar-refractivity contribution in [2.24, 2.45) is 5.92 Å². The standard InChI is InChI=1S/C24H31N5O4S/c1-3-28(4-2)34(32,33)21-10-8-20(9-11-21)29-18-19(17-23(29)30)24(31)27-15-13-26(14-16-27)22-7-5-6-12-25-22/h5-12,19H,3-4,13-18H2,1-2H3. The summed E-state index contributed by atoms with van der Waals surface area (Å²) in [6.45, 7) is 7.29. The topological polar surface area (TPSA) is 94.1 Å². The maximum atomic E-state index is 13.1. The van der Waals surface area contributed by atoms with E-state index in [1.165, 1.54) is 16.4 Å². The van der Waals surface area contributed by atoms with Crippen molar-refractivity contribution in [2.45, 2.75) is 25.2 Å². The van der Waals surface area contributed by atoms with Gasteiger partial charge in [-0.2, -0.15) is 4.31 Å². The van der Waals surface area contributed by atoms with Gasteiger partial charge in [-0.25, -0.2) is 13.4 Å². The molecule has 2 amide bonds. The van der Waals surface area contributed by atoms with Crippen LogP contribution in [-0.4, -0.2) is 80.2 Å². The molecule has 182 valence electrons. The molecule has 34 heavy (non-hydrogen) atoms.